The third-order valence-electron chi connectivity index (χ3n) is 3.01. The summed E-state index contributed by atoms with van der Waals surface area (Å²) in [4.78, 5) is 0. The predicted molar refractivity (Wildman–Crippen MR) is 86.7 cm³/mol. The van der Waals surface area contributed by atoms with Gasteiger partial charge in [-0.1, -0.05) is 70.7 Å². The van der Waals surface area contributed by atoms with Crippen molar-refractivity contribution in [3.8, 4) is 0 Å². The molecule has 2 aromatic rings. The largest absolute Gasteiger partial charge is 0.271 e. The molecule has 0 radical (unpaired) electrons. The van der Waals surface area contributed by atoms with Crippen molar-refractivity contribution in [1.82, 2.24) is 5.43 Å². The summed E-state index contributed by atoms with van der Waals surface area (Å²) in [6, 6.07) is 10.7. The van der Waals surface area contributed by atoms with Crippen molar-refractivity contribution in [2.75, 3.05) is 0 Å². The summed E-state index contributed by atoms with van der Waals surface area (Å²) in [6.45, 7) is 0. The van der Waals surface area contributed by atoms with Crippen molar-refractivity contribution in [2.24, 2.45) is 5.84 Å². The van der Waals surface area contributed by atoms with E-state index in [0.717, 1.165) is 11.1 Å². The van der Waals surface area contributed by atoms with Crippen LogP contribution in [0.5, 0.6) is 0 Å². The second-order valence-electron chi connectivity index (χ2n) is 4.28. The van der Waals surface area contributed by atoms with E-state index >= 15 is 0 Å². The molecule has 0 fully saturated rings. The van der Waals surface area contributed by atoms with E-state index in [0.29, 0.717) is 26.5 Å². The van der Waals surface area contributed by atoms with Crippen molar-refractivity contribution in [3.63, 3.8) is 0 Å². The van der Waals surface area contributed by atoms with Gasteiger partial charge < -0.3 is 0 Å². The molecule has 106 valence electrons. The Morgan fingerprint density at radius 2 is 1.50 bits per heavy atom. The van der Waals surface area contributed by atoms with Gasteiger partial charge in [0, 0.05) is 0 Å². The van der Waals surface area contributed by atoms with E-state index in [2.05, 4.69) is 5.43 Å². The summed E-state index contributed by atoms with van der Waals surface area (Å²) in [7, 11) is 0. The van der Waals surface area contributed by atoms with Crippen molar-refractivity contribution in [2.45, 2.75) is 12.5 Å². The Hall–Kier alpha value is -0.480. The van der Waals surface area contributed by atoms with Gasteiger partial charge in [-0.3, -0.25) is 11.3 Å². The Morgan fingerprint density at radius 3 is 2.15 bits per heavy atom. The summed E-state index contributed by atoms with van der Waals surface area (Å²) in [5.41, 5.74) is 4.44. The van der Waals surface area contributed by atoms with Gasteiger partial charge in [-0.2, -0.15) is 0 Å². The molecule has 2 rings (SSSR count). The van der Waals surface area contributed by atoms with Crippen LogP contribution in [0.1, 0.15) is 17.2 Å². The topological polar surface area (TPSA) is 38.0 Å². The molecule has 2 nitrogen and oxygen atoms in total. The van der Waals surface area contributed by atoms with Gasteiger partial charge in [0.2, 0.25) is 0 Å². The van der Waals surface area contributed by atoms with Crippen LogP contribution in [-0.4, -0.2) is 0 Å². The molecule has 0 aliphatic carbocycles. The highest BCUT2D eigenvalue weighted by atomic mass is 35.5. The fraction of sp³-hybridized carbons (Fsp3) is 0.143. The monoisotopic (exact) mass is 348 g/mol. The molecule has 20 heavy (non-hydrogen) atoms. The molecule has 0 saturated carbocycles. The van der Waals surface area contributed by atoms with Gasteiger partial charge in [-0.05, 0) is 29.7 Å². The Labute approximate surface area is 137 Å². The van der Waals surface area contributed by atoms with Crippen molar-refractivity contribution >= 4 is 46.4 Å². The minimum atomic E-state index is -0.211. The number of halogens is 4. The Morgan fingerprint density at radius 1 is 0.900 bits per heavy atom. The fourth-order valence-corrected chi connectivity index (χ4v) is 2.81. The average Bonchev–Trinajstić information content (AvgIpc) is 2.44. The van der Waals surface area contributed by atoms with E-state index in [4.69, 9.17) is 52.2 Å². The van der Waals surface area contributed by atoms with Crippen LogP contribution in [0.3, 0.4) is 0 Å². The Kier molecular flexibility index (Phi) is 5.56. The zero-order chi connectivity index (χ0) is 14.7. The van der Waals surface area contributed by atoms with Crippen molar-refractivity contribution in [3.05, 3.63) is 67.6 Å². The van der Waals surface area contributed by atoms with Crippen molar-refractivity contribution in [1.29, 1.82) is 0 Å². The molecule has 3 N–H and O–H groups in total. The molecule has 0 aromatic heterocycles. The molecule has 2 aromatic carbocycles. The highest BCUT2D eigenvalue weighted by molar-refractivity contribution is 6.43. The molecule has 0 amide bonds. The van der Waals surface area contributed by atoms with Gasteiger partial charge in [-0.25, -0.2) is 0 Å². The fourth-order valence-electron chi connectivity index (χ4n) is 1.97. The van der Waals surface area contributed by atoms with Crippen LogP contribution in [0.4, 0.5) is 0 Å². The quantitative estimate of drug-likeness (QED) is 0.598. The number of benzene rings is 2. The Balaban J connectivity index is 2.34. The number of hydrogen-bond acceptors (Lipinski definition) is 2. The average molecular weight is 350 g/mol. The minimum Gasteiger partial charge on any atom is -0.271 e. The number of hydrogen-bond donors (Lipinski definition) is 2. The maximum absolute atomic E-state index is 6.22. The highest BCUT2D eigenvalue weighted by Gasteiger charge is 2.17. The molecule has 0 bridgehead atoms. The Bertz CT molecular complexity index is 616. The lowest BCUT2D eigenvalue weighted by atomic mass is 9.99. The molecular formula is C14H12Cl4N2. The minimum absolute atomic E-state index is 0.211. The third kappa shape index (κ3) is 3.40. The maximum Gasteiger partial charge on any atom is 0.0640 e. The van der Waals surface area contributed by atoms with Gasteiger partial charge in [-0.15, -0.1) is 0 Å². The molecule has 0 aliphatic heterocycles. The standard InChI is InChI=1S/C14H12Cl4N2/c15-10-5-1-3-8(13(10)17)7-12(20-19)9-4-2-6-11(16)14(9)18/h1-6,12,20H,7,19H2. The van der Waals surface area contributed by atoms with E-state index in [-0.39, 0.29) is 6.04 Å². The van der Waals surface area contributed by atoms with Gasteiger partial charge in [0.15, 0.2) is 0 Å². The van der Waals surface area contributed by atoms with Crippen molar-refractivity contribution < 1.29 is 0 Å². The van der Waals surface area contributed by atoms with Crippen LogP contribution >= 0.6 is 46.4 Å². The zero-order valence-corrected chi connectivity index (χ0v) is 13.4. The van der Waals surface area contributed by atoms with Crippen LogP contribution < -0.4 is 11.3 Å². The molecule has 0 saturated heterocycles. The molecular weight excluding hydrogens is 338 g/mol. The van der Waals surface area contributed by atoms with Crippen LogP contribution in [0, 0.1) is 0 Å². The van der Waals surface area contributed by atoms with Gasteiger partial charge in [0.25, 0.3) is 0 Å². The highest BCUT2D eigenvalue weighted by Crippen LogP contribution is 2.33. The van der Waals surface area contributed by atoms with E-state index in [1.165, 1.54) is 0 Å². The van der Waals surface area contributed by atoms with E-state index in [9.17, 15) is 0 Å². The first-order valence-corrected chi connectivity index (χ1v) is 7.38. The maximum atomic E-state index is 6.22. The van der Waals surface area contributed by atoms with Crippen LogP contribution in [0.15, 0.2) is 36.4 Å². The third-order valence-corrected chi connectivity index (χ3v) is 4.71. The SMILES string of the molecule is NNC(Cc1cccc(Cl)c1Cl)c1cccc(Cl)c1Cl. The van der Waals surface area contributed by atoms with E-state index in [1.807, 2.05) is 24.3 Å². The lowest BCUT2D eigenvalue weighted by molar-refractivity contribution is 0.552. The number of nitrogens with two attached hydrogens (primary N) is 1. The molecule has 0 heterocycles. The number of hydrazine groups is 1. The summed E-state index contributed by atoms with van der Waals surface area (Å²) in [6.07, 6.45) is 0.552. The molecule has 6 heteroatoms. The van der Waals surface area contributed by atoms with E-state index < -0.39 is 0 Å². The molecule has 1 unspecified atom stereocenters. The first-order chi connectivity index (χ1) is 9.54. The number of nitrogens with one attached hydrogen (secondary N) is 1. The molecule has 0 aliphatic rings. The lowest BCUT2D eigenvalue weighted by Gasteiger charge is -2.19. The van der Waals surface area contributed by atoms with Crippen LogP contribution in [0.2, 0.25) is 20.1 Å². The molecule has 1 atom stereocenters. The number of rotatable bonds is 4. The smallest absolute Gasteiger partial charge is 0.0640 e. The summed E-state index contributed by atoms with van der Waals surface area (Å²) >= 11 is 24.4. The van der Waals surface area contributed by atoms with Gasteiger partial charge in [0.05, 0.1) is 26.1 Å². The van der Waals surface area contributed by atoms with Gasteiger partial charge >= 0.3 is 0 Å². The molecule has 0 spiro atoms. The van der Waals surface area contributed by atoms with Crippen LogP contribution in [0.25, 0.3) is 0 Å². The zero-order valence-electron chi connectivity index (χ0n) is 10.3. The van der Waals surface area contributed by atoms with Crippen LogP contribution in [-0.2, 0) is 6.42 Å². The van der Waals surface area contributed by atoms with Gasteiger partial charge in [0.1, 0.15) is 0 Å². The van der Waals surface area contributed by atoms with E-state index in [1.54, 1.807) is 12.1 Å². The lowest BCUT2D eigenvalue weighted by Crippen LogP contribution is -2.30. The summed E-state index contributed by atoms with van der Waals surface area (Å²) in [5, 5.41) is 2.00. The second-order valence-corrected chi connectivity index (χ2v) is 5.85. The summed E-state index contributed by atoms with van der Waals surface area (Å²) in [5.74, 6) is 5.63. The normalized spacial score (nSPS) is 12.4. The summed E-state index contributed by atoms with van der Waals surface area (Å²) < 4.78 is 0. The second kappa shape index (κ2) is 6.99. The first-order valence-electron chi connectivity index (χ1n) is 5.87. The predicted octanol–water partition coefficient (Wildman–Crippen LogP) is 5.05. The first kappa shape index (κ1) is 15.9.